The van der Waals surface area contributed by atoms with Crippen LogP contribution in [0.4, 0.5) is 0 Å². The van der Waals surface area contributed by atoms with E-state index < -0.39 is 0 Å². The lowest BCUT2D eigenvalue weighted by molar-refractivity contribution is 0.124. The molecule has 1 aromatic heterocycles. The predicted molar refractivity (Wildman–Crippen MR) is 77.9 cm³/mol. The molecule has 2 aromatic rings. The monoisotopic (exact) mass is 274 g/mol. The minimum Gasteiger partial charge on any atom is -0.297 e. The maximum absolute atomic E-state index is 5.12. The second-order valence-electron chi connectivity index (χ2n) is 5.01. The SMILES string of the molecule is Cc1sc(CON)nc1-c1ccc2c(c1)CCCC2. The molecule has 0 fully saturated rings. The molecular formula is C15H18N2OS. The number of thiazole rings is 1. The van der Waals surface area contributed by atoms with Gasteiger partial charge in [0.05, 0.1) is 5.69 Å². The Morgan fingerprint density at radius 3 is 2.84 bits per heavy atom. The van der Waals surface area contributed by atoms with E-state index >= 15 is 0 Å². The Balaban J connectivity index is 1.97. The number of hydrogen-bond donors (Lipinski definition) is 1. The van der Waals surface area contributed by atoms with Gasteiger partial charge in [-0.2, -0.15) is 0 Å². The number of benzene rings is 1. The molecule has 0 spiro atoms. The molecule has 4 heteroatoms. The number of nitrogens with two attached hydrogens (primary N) is 1. The van der Waals surface area contributed by atoms with Crippen LogP contribution in [0.3, 0.4) is 0 Å². The van der Waals surface area contributed by atoms with Gasteiger partial charge in [-0.05, 0) is 49.8 Å². The van der Waals surface area contributed by atoms with E-state index in [1.54, 1.807) is 11.3 Å². The lowest BCUT2D eigenvalue weighted by Gasteiger charge is -2.16. The fraction of sp³-hybridized carbons (Fsp3) is 0.400. The molecule has 1 aromatic carbocycles. The summed E-state index contributed by atoms with van der Waals surface area (Å²) in [5.41, 5.74) is 5.30. The first-order chi connectivity index (χ1) is 9.28. The van der Waals surface area contributed by atoms with Crippen LogP contribution in [0.2, 0.25) is 0 Å². The average Bonchev–Trinajstić information content (AvgIpc) is 2.79. The van der Waals surface area contributed by atoms with Crippen LogP contribution in [0, 0.1) is 6.92 Å². The highest BCUT2D eigenvalue weighted by molar-refractivity contribution is 7.12. The topological polar surface area (TPSA) is 48.1 Å². The Hall–Kier alpha value is -1.23. The number of nitrogens with zero attached hydrogens (tertiary/aromatic N) is 1. The molecule has 0 saturated carbocycles. The standard InChI is InChI=1S/C15H18N2OS/c1-10-15(17-14(19-10)9-18-16)13-7-6-11-4-2-3-5-12(11)8-13/h6-8H,2-5,9,16H2,1H3. The summed E-state index contributed by atoms with van der Waals surface area (Å²) in [6.45, 7) is 2.49. The highest BCUT2D eigenvalue weighted by atomic mass is 32.1. The van der Waals surface area contributed by atoms with Crippen LogP contribution >= 0.6 is 11.3 Å². The van der Waals surface area contributed by atoms with Crippen molar-refractivity contribution in [1.29, 1.82) is 0 Å². The van der Waals surface area contributed by atoms with E-state index in [9.17, 15) is 0 Å². The Morgan fingerprint density at radius 1 is 1.26 bits per heavy atom. The van der Waals surface area contributed by atoms with Crippen LogP contribution in [0.1, 0.15) is 33.9 Å². The molecule has 3 nitrogen and oxygen atoms in total. The van der Waals surface area contributed by atoms with Crippen molar-refractivity contribution < 1.29 is 4.84 Å². The highest BCUT2D eigenvalue weighted by Gasteiger charge is 2.14. The molecule has 0 bridgehead atoms. The van der Waals surface area contributed by atoms with Crippen LogP contribution in [0.5, 0.6) is 0 Å². The lowest BCUT2D eigenvalue weighted by Crippen LogP contribution is -2.02. The highest BCUT2D eigenvalue weighted by Crippen LogP contribution is 2.31. The summed E-state index contributed by atoms with van der Waals surface area (Å²) in [6, 6.07) is 6.77. The maximum Gasteiger partial charge on any atom is 0.121 e. The lowest BCUT2D eigenvalue weighted by atomic mass is 9.90. The molecular weight excluding hydrogens is 256 g/mol. The van der Waals surface area contributed by atoms with Crippen molar-refractivity contribution in [3.8, 4) is 11.3 Å². The van der Waals surface area contributed by atoms with Crippen LogP contribution in [0.25, 0.3) is 11.3 Å². The summed E-state index contributed by atoms with van der Waals surface area (Å²) in [7, 11) is 0. The van der Waals surface area contributed by atoms with Crippen molar-refractivity contribution in [3.63, 3.8) is 0 Å². The van der Waals surface area contributed by atoms with Crippen LogP contribution in [-0.4, -0.2) is 4.98 Å². The van der Waals surface area contributed by atoms with Gasteiger partial charge in [-0.1, -0.05) is 12.1 Å². The minimum atomic E-state index is 0.385. The Labute approximate surface area is 117 Å². The zero-order chi connectivity index (χ0) is 13.2. The van der Waals surface area contributed by atoms with E-state index in [2.05, 4.69) is 34.9 Å². The predicted octanol–water partition coefficient (Wildman–Crippen LogP) is 3.39. The molecule has 0 aliphatic heterocycles. The van der Waals surface area contributed by atoms with Gasteiger partial charge >= 0.3 is 0 Å². The van der Waals surface area contributed by atoms with E-state index in [1.165, 1.54) is 47.3 Å². The van der Waals surface area contributed by atoms with Gasteiger partial charge in [0.25, 0.3) is 0 Å². The van der Waals surface area contributed by atoms with Gasteiger partial charge in [0, 0.05) is 10.4 Å². The first kappa shape index (κ1) is 12.8. The summed E-state index contributed by atoms with van der Waals surface area (Å²) < 4.78 is 0. The van der Waals surface area contributed by atoms with Crippen molar-refractivity contribution in [3.05, 3.63) is 39.2 Å². The molecule has 3 rings (SSSR count). The third-order valence-electron chi connectivity index (χ3n) is 3.67. The van der Waals surface area contributed by atoms with E-state index in [0.717, 1.165) is 10.7 Å². The molecule has 2 N–H and O–H groups in total. The number of fused-ring (bicyclic) bond motifs is 1. The van der Waals surface area contributed by atoms with E-state index in [4.69, 9.17) is 5.90 Å². The van der Waals surface area contributed by atoms with Gasteiger partial charge in [-0.25, -0.2) is 10.9 Å². The molecule has 0 radical (unpaired) electrons. The largest absolute Gasteiger partial charge is 0.297 e. The fourth-order valence-electron chi connectivity index (χ4n) is 2.73. The maximum atomic E-state index is 5.12. The molecule has 19 heavy (non-hydrogen) atoms. The molecule has 0 atom stereocenters. The van der Waals surface area contributed by atoms with Crippen molar-refractivity contribution in [1.82, 2.24) is 4.98 Å². The van der Waals surface area contributed by atoms with E-state index in [-0.39, 0.29) is 0 Å². The summed E-state index contributed by atoms with van der Waals surface area (Å²) in [5, 5.41) is 0.938. The number of hydrogen-bond acceptors (Lipinski definition) is 4. The second-order valence-corrected chi connectivity index (χ2v) is 6.30. The zero-order valence-corrected chi connectivity index (χ0v) is 11.9. The first-order valence-electron chi connectivity index (χ1n) is 6.68. The molecule has 100 valence electrons. The van der Waals surface area contributed by atoms with Gasteiger partial charge in [-0.15, -0.1) is 11.3 Å². The minimum absolute atomic E-state index is 0.385. The van der Waals surface area contributed by atoms with Gasteiger partial charge in [-0.3, -0.25) is 4.84 Å². The van der Waals surface area contributed by atoms with Crippen molar-refractivity contribution in [2.45, 2.75) is 39.2 Å². The molecule has 0 unspecified atom stereocenters. The molecule has 1 heterocycles. The smallest absolute Gasteiger partial charge is 0.121 e. The van der Waals surface area contributed by atoms with Gasteiger partial charge in [0.1, 0.15) is 11.6 Å². The van der Waals surface area contributed by atoms with Crippen molar-refractivity contribution >= 4 is 11.3 Å². The summed E-state index contributed by atoms with van der Waals surface area (Å²) >= 11 is 1.66. The Kier molecular flexibility index (Phi) is 3.64. The van der Waals surface area contributed by atoms with Gasteiger partial charge in [0.2, 0.25) is 0 Å². The fourth-order valence-corrected chi connectivity index (χ4v) is 3.61. The normalized spacial score (nSPS) is 14.4. The molecule has 1 aliphatic carbocycles. The summed E-state index contributed by atoms with van der Waals surface area (Å²) in [5.74, 6) is 5.12. The summed E-state index contributed by atoms with van der Waals surface area (Å²) in [4.78, 5) is 10.5. The molecule has 1 aliphatic rings. The van der Waals surface area contributed by atoms with Gasteiger partial charge in [0.15, 0.2) is 0 Å². The summed E-state index contributed by atoms with van der Waals surface area (Å²) in [6.07, 6.45) is 5.04. The van der Waals surface area contributed by atoms with Gasteiger partial charge < -0.3 is 0 Å². The average molecular weight is 274 g/mol. The van der Waals surface area contributed by atoms with Crippen LogP contribution in [0.15, 0.2) is 18.2 Å². The zero-order valence-electron chi connectivity index (χ0n) is 11.1. The first-order valence-corrected chi connectivity index (χ1v) is 7.50. The quantitative estimate of drug-likeness (QED) is 0.873. The van der Waals surface area contributed by atoms with Crippen LogP contribution < -0.4 is 5.90 Å². The van der Waals surface area contributed by atoms with Crippen molar-refractivity contribution in [2.75, 3.05) is 0 Å². The molecule has 0 amide bonds. The second kappa shape index (κ2) is 5.41. The third-order valence-corrected chi connectivity index (χ3v) is 4.61. The van der Waals surface area contributed by atoms with Crippen LogP contribution in [-0.2, 0) is 24.3 Å². The Bertz CT molecular complexity index is 592. The number of rotatable bonds is 3. The Morgan fingerprint density at radius 2 is 2.05 bits per heavy atom. The number of aromatic nitrogens is 1. The van der Waals surface area contributed by atoms with E-state index in [1.807, 2.05) is 0 Å². The number of aryl methyl sites for hydroxylation is 3. The van der Waals surface area contributed by atoms with E-state index in [0.29, 0.717) is 6.61 Å². The van der Waals surface area contributed by atoms with Crippen molar-refractivity contribution in [2.24, 2.45) is 5.90 Å². The third kappa shape index (κ3) is 2.56. The molecule has 0 saturated heterocycles.